The molecule has 0 aliphatic carbocycles. The van der Waals surface area contributed by atoms with E-state index in [-0.39, 0.29) is 16.4 Å². The van der Waals surface area contributed by atoms with Crippen molar-refractivity contribution in [1.29, 1.82) is 0 Å². The molecule has 3 rings (SSSR count). The molecule has 2 aromatic rings. The fourth-order valence-corrected chi connectivity index (χ4v) is 3.21. The Kier molecular flexibility index (Phi) is 4.83. The molecule has 3 heterocycles. The molecule has 1 aliphatic heterocycles. The Bertz CT molecular complexity index is 857. The molecule has 1 saturated heterocycles. The van der Waals surface area contributed by atoms with Gasteiger partial charge < -0.3 is 9.80 Å². The Morgan fingerprint density at radius 2 is 1.96 bits per heavy atom. The lowest BCUT2D eigenvalue weighted by Crippen LogP contribution is -2.48. The summed E-state index contributed by atoms with van der Waals surface area (Å²) in [6.07, 6.45) is -2.66. The zero-order chi connectivity index (χ0) is 19.1. The highest BCUT2D eigenvalue weighted by atomic mass is 35.5. The van der Waals surface area contributed by atoms with Crippen molar-refractivity contribution in [2.24, 2.45) is 0 Å². The van der Waals surface area contributed by atoms with Crippen molar-refractivity contribution >= 4 is 29.6 Å². The molecular weight excluding hydrogens is 373 g/mol. The van der Waals surface area contributed by atoms with Gasteiger partial charge in [-0.1, -0.05) is 18.5 Å². The highest BCUT2D eigenvalue weighted by Gasteiger charge is 2.34. The van der Waals surface area contributed by atoms with Gasteiger partial charge in [-0.2, -0.15) is 13.2 Å². The molecule has 26 heavy (non-hydrogen) atoms. The number of hydrogen-bond acceptors (Lipinski definition) is 3. The molecule has 0 atom stereocenters. The number of halogens is 4. The maximum atomic E-state index is 13.1. The number of alkyl halides is 3. The summed E-state index contributed by atoms with van der Waals surface area (Å²) in [6.45, 7) is 3.13. The maximum Gasteiger partial charge on any atom is 0.417 e. The molecule has 0 spiro atoms. The zero-order valence-corrected chi connectivity index (χ0v) is 14.6. The third kappa shape index (κ3) is 3.23. The molecule has 140 valence electrons. The van der Waals surface area contributed by atoms with E-state index in [1.54, 1.807) is 6.92 Å². The Morgan fingerprint density at radius 3 is 2.50 bits per heavy atom. The topological polar surface area (TPSA) is 57.9 Å². The minimum absolute atomic E-state index is 0.0788. The van der Waals surface area contributed by atoms with Crippen LogP contribution in [-0.2, 0) is 17.4 Å². The fraction of sp³-hybridized carbons (Fsp3) is 0.438. The number of amides is 2. The number of carbonyl (C=O) groups excluding carboxylic acids is 2. The summed E-state index contributed by atoms with van der Waals surface area (Å²) >= 11 is 5.99. The summed E-state index contributed by atoms with van der Waals surface area (Å²) in [5.74, 6) is -0.421. The molecule has 2 aromatic heterocycles. The molecule has 0 N–H and O–H groups in total. The Morgan fingerprint density at radius 1 is 1.31 bits per heavy atom. The van der Waals surface area contributed by atoms with Gasteiger partial charge in [-0.15, -0.1) is 0 Å². The van der Waals surface area contributed by atoms with Crippen LogP contribution in [-0.4, -0.2) is 57.7 Å². The van der Waals surface area contributed by atoms with Crippen LogP contribution in [0.25, 0.3) is 5.65 Å². The first kappa shape index (κ1) is 18.5. The van der Waals surface area contributed by atoms with E-state index < -0.39 is 17.6 Å². The van der Waals surface area contributed by atoms with Gasteiger partial charge >= 0.3 is 6.18 Å². The van der Waals surface area contributed by atoms with Crippen LogP contribution in [0, 0.1) is 0 Å². The number of piperazine rings is 1. The number of aryl methyl sites for hydroxylation is 1. The van der Waals surface area contributed by atoms with Gasteiger partial charge in [-0.3, -0.25) is 14.0 Å². The monoisotopic (exact) mass is 388 g/mol. The zero-order valence-electron chi connectivity index (χ0n) is 13.9. The van der Waals surface area contributed by atoms with Gasteiger partial charge in [0.15, 0.2) is 5.65 Å². The molecule has 0 aromatic carbocycles. The lowest BCUT2D eigenvalue weighted by atomic mass is 10.2. The standard InChI is InChI=1S/C16H16ClF3N4O2/c1-2-12-13(15(26)23-5-3-22(9-25)4-6-23)24-8-10(16(18,19)20)7-11(17)14(24)21-12/h7-9H,2-6H2,1H3. The maximum absolute atomic E-state index is 13.1. The van der Waals surface area contributed by atoms with Gasteiger partial charge in [0.2, 0.25) is 6.41 Å². The Balaban J connectivity index is 2.07. The van der Waals surface area contributed by atoms with Crippen molar-refractivity contribution in [1.82, 2.24) is 19.2 Å². The van der Waals surface area contributed by atoms with Crippen molar-refractivity contribution in [3.63, 3.8) is 0 Å². The van der Waals surface area contributed by atoms with Gasteiger partial charge in [-0.05, 0) is 12.5 Å². The fourth-order valence-electron chi connectivity index (χ4n) is 2.96. The number of imidazole rings is 1. The molecular formula is C16H16ClF3N4O2. The van der Waals surface area contributed by atoms with Crippen molar-refractivity contribution in [2.75, 3.05) is 26.2 Å². The van der Waals surface area contributed by atoms with Crippen molar-refractivity contribution in [3.8, 4) is 0 Å². The van der Waals surface area contributed by atoms with Gasteiger partial charge in [0.25, 0.3) is 5.91 Å². The minimum Gasteiger partial charge on any atom is -0.342 e. The number of carbonyl (C=O) groups is 2. The van der Waals surface area contributed by atoms with Crippen LogP contribution >= 0.6 is 11.6 Å². The highest BCUT2D eigenvalue weighted by Crippen LogP contribution is 2.33. The molecule has 6 nitrogen and oxygen atoms in total. The number of hydrogen-bond donors (Lipinski definition) is 0. The largest absolute Gasteiger partial charge is 0.417 e. The quantitative estimate of drug-likeness (QED) is 0.759. The normalized spacial score (nSPS) is 15.6. The number of nitrogens with zero attached hydrogens (tertiary/aromatic N) is 4. The smallest absolute Gasteiger partial charge is 0.342 e. The summed E-state index contributed by atoms with van der Waals surface area (Å²) < 4.78 is 40.5. The molecule has 0 radical (unpaired) electrons. The van der Waals surface area contributed by atoms with E-state index in [9.17, 15) is 22.8 Å². The average Bonchev–Trinajstić information content (AvgIpc) is 2.99. The summed E-state index contributed by atoms with van der Waals surface area (Å²) in [7, 11) is 0. The first-order chi connectivity index (χ1) is 12.3. The van der Waals surface area contributed by atoms with E-state index in [1.165, 1.54) is 9.80 Å². The van der Waals surface area contributed by atoms with Gasteiger partial charge in [0, 0.05) is 32.4 Å². The van der Waals surface area contributed by atoms with Gasteiger partial charge in [-0.25, -0.2) is 4.98 Å². The van der Waals surface area contributed by atoms with E-state index in [4.69, 9.17) is 11.6 Å². The second-order valence-electron chi connectivity index (χ2n) is 5.96. The Hall–Kier alpha value is -2.29. The lowest BCUT2D eigenvalue weighted by molar-refractivity contribution is -0.137. The predicted octanol–water partition coefficient (Wildman–Crippen LogP) is 2.48. The van der Waals surface area contributed by atoms with Crippen LogP contribution in [0.5, 0.6) is 0 Å². The lowest BCUT2D eigenvalue weighted by Gasteiger charge is -2.32. The van der Waals surface area contributed by atoms with E-state index in [0.717, 1.165) is 16.7 Å². The van der Waals surface area contributed by atoms with E-state index in [1.807, 2.05) is 0 Å². The minimum atomic E-state index is -4.59. The summed E-state index contributed by atoms with van der Waals surface area (Å²) in [6, 6.07) is 0.806. The second-order valence-corrected chi connectivity index (χ2v) is 6.37. The van der Waals surface area contributed by atoms with Crippen molar-refractivity contribution in [2.45, 2.75) is 19.5 Å². The number of aromatic nitrogens is 2. The van der Waals surface area contributed by atoms with E-state index >= 15 is 0 Å². The van der Waals surface area contributed by atoms with E-state index in [2.05, 4.69) is 4.98 Å². The third-order valence-electron chi connectivity index (χ3n) is 4.36. The van der Waals surface area contributed by atoms with Gasteiger partial charge in [0.05, 0.1) is 16.3 Å². The predicted molar refractivity (Wildman–Crippen MR) is 88.1 cm³/mol. The average molecular weight is 389 g/mol. The molecule has 0 unspecified atom stereocenters. The molecule has 1 fully saturated rings. The summed E-state index contributed by atoms with van der Waals surface area (Å²) in [5, 5.41) is -0.167. The number of pyridine rings is 1. The number of fused-ring (bicyclic) bond motifs is 1. The van der Waals surface area contributed by atoms with Crippen LogP contribution in [0.2, 0.25) is 5.02 Å². The molecule has 10 heteroatoms. The molecule has 2 amide bonds. The van der Waals surface area contributed by atoms with Crippen LogP contribution in [0.4, 0.5) is 13.2 Å². The van der Waals surface area contributed by atoms with Crippen LogP contribution in [0.3, 0.4) is 0 Å². The SMILES string of the molecule is CCc1nc2c(Cl)cc(C(F)(F)F)cn2c1C(=O)N1CCN(C=O)CC1. The van der Waals surface area contributed by atoms with Crippen LogP contribution < -0.4 is 0 Å². The third-order valence-corrected chi connectivity index (χ3v) is 4.64. The number of rotatable bonds is 3. The van der Waals surface area contributed by atoms with Crippen molar-refractivity contribution in [3.05, 3.63) is 34.2 Å². The Labute approximate surface area is 152 Å². The first-order valence-corrected chi connectivity index (χ1v) is 8.40. The van der Waals surface area contributed by atoms with Crippen LogP contribution in [0.1, 0.15) is 28.7 Å². The summed E-state index contributed by atoms with van der Waals surface area (Å²) in [5.41, 5.74) is -0.370. The molecule has 0 bridgehead atoms. The van der Waals surface area contributed by atoms with Crippen molar-refractivity contribution < 1.29 is 22.8 Å². The first-order valence-electron chi connectivity index (χ1n) is 8.02. The summed E-state index contributed by atoms with van der Waals surface area (Å²) in [4.78, 5) is 31.1. The van der Waals surface area contributed by atoms with E-state index in [0.29, 0.717) is 44.7 Å². The van der Waals surface area contributed by atoms with Crippen LogP contribution in [0.15, 0.2) is 12.3 Å². The van der Waals surface area contributed by atoms with Gasteiger partial charge in [0.1, 0.15) is 5.69 Å². The molecule has 1 aliphatic rings. The highest BCUT2D eigenvalue weighted by molar-refractivity contribution is 6.33. The second kappa shape index (κ2) is 6.79. The molecule has 0 saturated carbocycles.